The van der Waals surface area contributed by atoms with Gasteiger partial charge < -0.3 is 20.3 Å². The Labute approximate surface area is 168 Å². The molecule has 7 nitrogen and oxygen atoms in total. The number of rotatable bonds is 8. The molecule has 0 aliphatic carbocycles. The third kappa shape index (κ3) is 6.71. The van der Waals surface area contributed by atoms with Crippen LogP contribution >= 0.6 is 0 Å². The molecule has 3 amide bonds. The normalized spacial score (nSPS) is 14.8. The minimum Gasteiger partial charge on any atom is -0.450 e. The molecule has 0 radical (unpaired) electrons. The van der Waals surface area contributed by atoms with Gasteiger partial charge in [-0.15, -0.1) is 0 Å². The summed E-state index contributed by atoms with van der Waals surface area (Å²) in [6, 6.07) is 8.16. The second-order valence-corrected chi connectivity index (χ2v) is 7.02. The van der Waals surface area contributed by atoms with Crippen molar-refractivity contribution in [1.29, 1.82) is 0 Å². The van der Waals surface area contributed by atoms with E-state index in [2.05, 4.69) is 41.5 Å². The molecule has 0 aromatic heterocycles. The molecule has 7 heteroatoms. The number of piperidine rings is 1. The second-order valence-electron chi connectivity index (χ2n) is 7.02. The van der Waals surface area contributed by atoms with Gasteiger partial charge in [0, 0.05) is 32.2 Å². The average molecular weight is 391 g/mol. The number of urea groups is 1. The van der Waals surface area contributed by atoms with Crippen LogP contribution in [0.4, 0.5) is 9.59 Å². The molecule has 1 saturated heterocycles. The number of ether oxygens (including phenoxy) is 1. The van der Waals surface area contributed by atoms with Crippen LogP contribution in [0, 0.1) is 0 Å². The van der Waals surface area contributed by atoms with Crippen LogP contribution < -0.4 is 10.6 Å². The van der Waals surface area contributed by atoms with E-state index >= 15 is 0 Å². The summed E-state index contributed by atoms with van der Waals surface area (Å²) in [5.74, 6) is 0. The number of hydrogen-bond donors (Lipinski definition) is 2. The fourth-order valence-corrected chi connectivity index (χ4v) is 3.41. The molecule has 1 fully saturated rings. The van der Waals surface area contributed by atoms with E-state index in [1.54, 1.807) is 11.8 Å². The molecule has 0 atom stereocenters. The van der Waals surface area contributed by atoms with Crippen LogP contribution in [-0.2, 0) is 17.8 Å². The van der Waals surface area contributed by atoms with Crippen molar-refractivity contribution in [2.24, 2.45) is 0 Å². The van der Waals surface area contributed by atoms with Gasteiger partial charge in [-0.05, 0) is 44.0 Å². The van der Waals surface area contributed by atoms with Crippen LogP contribution in [0.3, 0.4) is 0 Å². The van der Waals surface area contributed by atoms with Gasteiger partial charge in [-0.2, -0.15) is 0 Å². The number of amides is 3. The van der Waals surface area contributed by atoms with Crippen molar-refractivity contribution >= 4 is 12.1 Å². The summed E-state index contributed by atoms with van der Waals surface area (Å²) in [4.78, 5) is 28.1. The highest BCUT2D eigenvalue weighted by atomic mass is 16.6. The molecule has 0 saturated carbocycles. The van der Waals surface area contributed by atoms with Gasteiger partial charge in [-0.1, -0.05) is 38.1 Å². The lowest BCUT2D eigenvalue weighted by atomic mass is 10.1. The van der Waals surface area contributed by atoms with Crippen molar-refractivity contribution in [2.45, 2.75) is 52.7 Å². The lowest BCUT2D eigenvalue weighted by Crippen LogP contribution is -2.49. The molecule has 0 bridgehead atoms. The lowest BCUT2D eigenvalue weighted by Gasteiger charge is -2.31. The molecule has 2 rings (SSSR count). The van der Waals surface area contributed by atoms with Crippen LogP contribution in [-0.4, -0.2) is 60.8 Å². The number of nitrogens with one attached hydrogen (secondary N) is 2. The second kappa shape index (κ2) is 11.5. The first-order valence-electron chi connectivity index (χ1n) is 10.3. The number of benzene rings is 1. The van der Waals surface area contributed by atoms with Gasteiger partial charge in [0.25, 0.3) is 0 Å². The number of carbonyl (C=O) groups excluding carboxylic acids is 2. The van der Waals surface area contributed by atoms with Gasteiger partial charge in [0.1, 0.15) is 0 Å². The molecule has 1 aliphatic rings. The third-order valence-electron chi connectivity index (χ3n) is 5.20. The quantitative estimate of drug-likeness (QED) is 0.716. The molecular formula is C21H34N4O3. The molecule has 0 unspecified atom stereocenters. The summed E-state index contributed by atoms with van der Waals surface area (Å²) in [5, 5.41) is 6.00. The summed E-state index contributed by atoms with van der Waals surface area (Å²) < 4.78 is 5.02. The molecule has 1 aliphatic heterocycles. The highest BCUT2D eigenvalue weighted by molar-refractivity contribution is 5.74. The minimum atomic E-state index is -0.268. The highest BCUT2D eigenvalue weighted by Gasteiger charge is 2.24. The van der Waals surface area contributed by atoms with E-state index in [0.717, 1.165) is 38.0 Å². The van der Waals surface area contributed by atoms with Crippen molar-refractivity contribution in [2.75, 3.05) is 32.8 Å². The fraction of sp³-hybridized carbons (Fsp3) is 0.619. The average Bonchev–Trinajstić information content (AvgIpc) is 2.72. The van der Waals surface area contributed by atoms with Crippen molar-refractivity contribution in [3.8, 4) is 0 Å². The molecule has 1 aromatic carbocycles. The van der Waals surface area contributed by atoms with E-state index in [1.165, 1.54) is 5.56 Å². The first kappa shape index (κ1) is 22.0. The Kier molecular flexibility index (Phi) is 9.07. The van der Waals surface area contributed by atoms with Crippen LogP contribution in [0.5, 0.6) is 0 Å². The Morgan fingerprint density at radius 2 is 1.75 bits per heavy atom. The largest absolute Gasteiger partial charge is 0.450 e. The lowest BCUT2D eigenvalue weighted by molar-refractivity contribution is 0.0957. The van der Waals surface area contributed by atoms with E-state index in [0.29, 0.717) is 26.2 Å². The summed E-state index contributed by atoms with van der Waals surface area (Å²) in [6.07, 6.45) is 1.21. The van der Waals surface area contributed by atoms with Crippen molar-refractivity contribution in [3.63, 3.8) is 0 Å². The van der Waals surface area contributed by atoms with Crippen molar-refractivity contribution in [1.82, 2.24) is 20.4 Å². The van der Waals surface area contributed by atoms with E-state index < -0.39 is 0 Å². The summed E-state index contributed by atoms with van der Waals surface area (Å²) >= 11 is 0. The summed E-state index contributed by atoms with van der Waals surface area (Å²) in [5.41, 5.74) is 2.39. The van der Waals surface area contributed by atoms with Crippen LogP contribution in [0.2, 0.25) is 0 Å². The van der Waals surface area contributed by atoms with Crippen LogP contribution in [0.25, 0.3) is 0 Å². The molecule has 28 heavy (non-hydrogen) atoms. The molecule has 0 spiro atoms. The minimum absolute atomic E-state index is 0.0802. The zero-order valence-corrected chi connectivity index (χ0v) is 17.4. The maximum Gasteiger partial charge on any atom is 0.409 e. The number of likely N-dealkylation sites (tertiary alicyclic amines) is 1. The molecule has 2 N–H and O–H groups in total. The van der Waals surface area contributed by atoms with E-state index in [1.807, 2.05) is 12.1 Å². The standard InChI is InChI=1S/C21H34N4O3/c1-4-24(5-2)16-18-10-8-7-9-17(18)15-22-20(26)23-19-11-13-25(14-12-19)21(27)28-6-3/h7-10,19H,4-6,11-16H2,1-3H3,(H2,22,23,26). The number of carbonyl (C=O) groups is 2. The van der Waals surface area contributed by atoms with Gasteiger partial charge in [-0.3, -0.25) is 4.90 Å². The maximum atomic E-state index is 12.3. The highest BCUT2D eigenvalue weighted by Crippen LogP contribution is 2.13. The first-order chi connectivity index (χ1) is 13.6. The predicted octanol–water partition coefficient (Wildman–Crippen LogP) is 2.95. The Hall–Kier alpha value is -2.28. The topological polar surface area (TPSA) is 73.9 Å². The maximum absolute atomic E-state index is 12.3. The third-order valence-corrected chi connectivity index (χ3v) is 5.20. The Bertz CT molecular complexity index is 626. The van der Waals surface area contributed by atoms with Crippen LogP contribution in [0.1, 0.15) is 44.7 Å². The molecule has 1 heterocycles. The molecular weight excluding hydrogens is 356 g/mol. The molecule has 156 valence electrons. The van der Waals surface area contributed by atoms with E-state index in [-0.39, 0.29) is 18.2 Å². The van der Waals surface area contributed by atoms with E-state index in [4.69, 9.17) is 4.74 Å². The Morgan fingerprint density at radius 1 is 1.11 bits per heavy atom. The summed E-state index contributed by atoms with van der Waals surface area (Å²) in [6.45, 7) is 11.1. The Balaban J connectivity index is 1.78. The van der Waals surface area contributed by atoms with Gasteiger partial charge in [0.2, 0.25) is 0 Å². The number of nitrogens with zero attached hydrogens (tertiary/aromatic N) is 2. The number of hydrogen-bond acceptors (Lipinski definition) is 4. The summed E-state index contributed by atoms with van der Waals surface area (Å²) in [7, 11) is 0. The van der Waals surface area contributed by atoms with Gasteiger partial charge in [0.15, 0.2) is 0 Å². The SMILES string of the molecule is CCOC(=O)N1CCC(NC(=O)NCc2ccccc2CN(CC)CC)CC1. The smallest absolute Gasteiger partial charge is 0.409 e. The van der Waals surface area contributed by atoms with Gasteiger partial charge in [0.05, 0.1) is 6.61 Å². The first-order valence-corrected chi connectivity index (χ1v) is 10.3. The Morgan fingerprint density at radius 3 is 2.36 bits per heavy atom. The van der Waals surface area contributed by atoms with Gasteiger partial charge >= 0.3 is 12.1 Å². The monoisotopic (exact) mass is 390 g/mol. The zero-order chi connectivity index (χ0) is 20.4. The molecule has 1 aromatic rings. The zero-order valence-electron chi connectivity index (χ0n) is 17.4. The van der Waals surface area contributed by atoms with Crippen molar-refractivity contribution in [3.05, 3.63) is 35.4 Å². The van der Waals surface area contributed by atoms with Gasteiger partial charge in [-0.25, -0.2) is 9.59 Å². The fourth-order valence-electron chi connectivity index (χ4n) is 3.41. The van der Waals surface area contributed by atoms with Crippen LogP contribution in [0.15, 0.2) is 24.3 Å². The van der Waals surface area contributed by atoms with Crippen molar-refractivity contribution < 1.29 is 14.3 Å². The van der Waals surface area contributed by atoms with E-state index in [9.17, 15) is 9.59 Å². The predicted molar refractivity (Wildman–Crippen MR) is 110 cm³/mol.